The van der Waals surface area contributed by atoms with Gasteiger partial charge < -0.3 is 30.5 Å². The third kappa shape index (κ3) is 5.39. The summed E-state index contributed by atoms with van der Waals surface area (Å²) in [4.78, 5) is 30.9. The van der Waals surface area contributed by atoms with E-state index in [-0.39, 0.29) is 40.4 Å². The van der Waals surface area contributed by atoms with E-state index in [0.717, 1.165) is 31.0 Å². The molecule has 242 valence electrons. The van der Waals surface area contributed by atoms with Gasteiger partial charge in [-0.05, 0) is 64.3 Å². The Hall–Kier alpha value is -3.08. The topological polar surface area (TPSA) is 146 Å². The number of amides is 1. The Morgan fingerprint density at radius 1 is 1.14 bits per heavy atom. The lowest BCUT2D eigenvalue weighted by atomic mass is 9.57. The number of benzene rings is 1. The third-order valence-electron chi connectivity index (χ3n) is 10.8. The second-order valence-electron chi connectivity index (χ2n) is 13.3. The minimum atomic E-state index is -1.51. The van der Waals surface area contributed by atoms with Gasteiger partial charge >= 0.3 is 0 Å². The number of carbonyl (C=O) groups excluding carboxylic acids is 2. The van der Waals surface area contributed by atoms with Gasteiger partial charge in [-0.3, -0.25) is 19.4 Å². The molecular weight excluding hydrogens is 562 g/mol. The van der Waals surface area contributed by atoms with Gasteiger partial charge in [0.15, 0.2) is 5.78 Å². The van der Waals surface area contributed by atoms with Crippen molar-refractivity contribution in [2.45, 2.75) is 82.9 Å². The molecule has 0 spiro atoms. The van der Waals surface area contributed by atoms with Crippen LogP contribution < -0.4 is 10.5 Å². The van der Waals surface area contributed by atoms with Crippen molar-refractivity contribution in [1.82, 2.24) is 9.80 Å². The lowest BCUT2D eigenvalue weighted by molar-refractivity contribution is -0.157. The number of phenolic OH excluding ortho intramolecular Hbond substituents is 1. The third-order valence-corrected chi connectivity index (χ3v) is 10.8. The van der Waals surface area contributed by atoms with Crippen LogP contribution in [-0.2, 0) is 27.3 Å². The van der Waals surface area contributed by atoms with Crippen molar-refractivity contribution in [3.63, 3.8) is 0 Å². The van der Waals surface area contributed by atoms with Crippen LogP contribution in [0.15, 0.2) is 23.0 Å². The molecule has 4 aliphatic rings. The number of ketones is 1. The van der Waals surface area contributed by atoms with E-state index in [1.165, 1.54) is 39.2 Å². The zero-order chi connectivity index (χ0) is 31.9. The number of Topliss-reactive ketones (excluding diaryl/α,β-unsaturated/α-hetero) is 1. The fraction of sp³-hybridized carbons (Fsp3) is 0.647. The lowest BCUT2D eigenvalue weighted by Crippen LogP contribution is -2.63. The van der Waals surface area contributed by atoms with Gasteiger partial charge in [0, 0.05) is 42.7 Å². The van der Waals surface area contributed by atoms with Gasteiger partial charge in [-0.15, -0.1) is 0 Å². The molecule has 0 heterocycles. The summed E-state index contributed by atoms with van der Waals surface area (Å²) in [5, 5.41) is 34.2. The molecule has 0 unspecified atom stereocenters. The maximum absolute atomic E-state index is 14.4. The second kappa shape index (κ2) is 12.7. The highest BCUT2D eigenvalue weighted by Crippen LogP contribution is 2.55. The van der Waals surface area contributed by atoms with Crippen LogP contribution in [0.4, 0.5) is 0 Å². The zero-order valence-corrected chi connectivity index (χ0v) is 26.8. The largest absolute Gasteiger partial charge is 0.510 e. The number of hydrogen-bond acceptors (Lipinski definition) is 9. The summed E-state index contributed by atoms with van der Waals surface area (Å²) in [6.07, 6.45) is 8.28. The van der Waals surface area contributed by atoms with Crippen LogP contribution in [0.3, 0.4) is 0 Å². The fourth-order valence-corrected chi connectivity index (χ4v) is 8.54. The summed E-state index contributed by atoms with van der Waals surface area (Å²) in [7, 11) is 6.56. The van der Waals surface area contributed by atoms with Gasteiger partial charge in [-0.25, -0.2) is 0 Å². The van der Waals surface area contributed by atoms with E-state index in [9.17, 15) is 24.9 Å². The summed E-state index contributed by atoms with van der Waals surface area (Å²) in [6.45, 7) is 4.56. The Labute approximate surface area is 260 Å². The van der Waals surface area contributed by atoms with Crippen molar-refractivity contribution >= 4 is 17.4 Å². The number of phenols is 1. The Bertz CT molecular complexity index is 1360. The normalized spacial score (nSPS) is 27.4. The molecule has 44 heavy (non-hydrogen) atoms. The molecule has 1 aromatic rings. The van der Waals surface area contributed by atoms with Crippen LogP contribution in [0.2, 0.25) is 0 Å². The van der Waals surface area contributed by atoms with E-state index in [4.69, 9.17) is 15.2 Å². The molecule has 10 heteroatoms. The number of likely N-dealkylation sites (N-methyl/N-ethyl adjacent to an activating group) is 1. The molecule has 0 radical (unpaired) electrons. The maximum Gasteiger partial charge on any atom is 0.248 e. The van der Waals surface area contributed by atoms with Crippen molar-refractivity contribution in [2.24, 2.45) is 23.5 Å². The second-order valence-corrected chi connectivity index (χ2v) is 13.3. The zero-order valence-electron chi connectivity index (χ0n) is 26.8. The van der Waals surface area contributed by atoms with Gasteiger partial charge in [-0.1, -0.05) is 39.0 Å². The summed E-state index contributed by atoms with van der Waals surface area (Å²) in [6, 6.07) is 0.957. The molecule has 10 nitrogen and oxygen atoms in total. The number of carbonyl (C=O) groups is 2. The average Bonchev–Trinajstić information content (AvgIpc) is 2.99. The summed E-state index contributed by atoms with van der Waals surface area (Å²) >= 11 is 0. The Morgan fingerprint density at radius 2 is 1.84 bits per heavy atom. The van der Waals surface area contributed by atoms with Crippen LogP contribution >= 0.6 is 0 Å². The first kappa shape index (κ1) is 32.3. The van der Waals surface area contributed by atoms with Gasteiger partial charge in [0.05, 0.1) is 24.3 Å². The molecule has 0 aliphatic heterocycles. The van der Waals surface area contributed by atoms with Crippen LogP contribution in [0.25, 0.3) is 5.76 Å². The molecular formula is C34H49N3O7. The predicted molar refractivity (Wildman–Crippen MR) is 167 cm³/mol. The van der Waals surface area contributed by atoms with Gasteiger partial charge in [0.1, 0.15) is 28.6 Å². The van der Waals surface area contributed by atoms with Crippen LogP contribution in [-0.4, -0.2) is 89.9 Å². The number of fused-ring (bicyclic) bond motifs is 3. The molecule has 0 aromatic heterocycles. The van der Waals surface area contributed by atoms with Crippen molar-refractivity contribution in [2.75, 3.05) is 41.4 Å². The SMILES string of the molecule is CCN(CCC1CCCCC1)Cc1cc(O)c2c(c1OC)C[C@H]1C[C@H]3[C@H](N(C)C)C(O)=C(C(N)=O)C[C@@]3(OC)C(=O)C1=C2O. The molecule has 1 amide bonds. The number of methoxy groups -OCH3 is 2. The number of primary amides is 1. The number of nitrogens with zero attached hydrogens (tertiary/aromatic N) is 2. The highest BCUT2D eigenvalue weighted by molar-refractivity contribution is 6.10. The summed E-state index contributed by atoms with van der Waals surface area (Å²) < 4.78 is 11.9. The van der Waals surface area contributed by atoms with E-state index in [2.05, 4.69) is 11.8 Å². The number of nitrogens with two attached hydrogens (primary N) is 1. The highest BCUT2D eigenvalue weighted by atomic mass is 16.5. The minimum Gasteiger partial charge on any atom is -0.510 e. The quantitative estimate of drug-likeness (QED) is 0.305. The molecule has 4 atom stereocenters. The smallest absolute Gasteiger partial charge is 0.248 e. The number of aliphatic hydroxyl groups is 2. The first-order chi connectivity index (χ1) is 21.0. The monoisotopic (exact) mass is 611 g/mol. The molecule has 0 saturated heterocycles. The first-order valence-electron chi connectivity index (χ1n) is 16.0. The van der Waals surface area contributed by atoms with Gasteiger partial charge in [0.2, 0.25) is 5.91 Å². The molecule has 5 rings (SSSR count). The highest BCUT2D eigenvalue weighted by Gasteiger charge is 2.61. The minimum absolute atomic E-state index is 0.0528. The van der Waals surface area contributed by atoms with Crippen molar-refractivity contribution in [3.8, 4) is 11.5 Å². The molecule has 4 aliphatic carbocycles. The van der Waals surface area contributed by atoms with Crippen LogP contribution in [0, 0.1) is 17.8 Å². The standard InChI is InChI=1S/C34H49N3O7/c1-6-37(13-12-19-10-8-7-9-11-19)18-21-16-25(38)27-22(31(21)43-4)14-20-15-24-28(36(2)3)29(39)23(33(35)42)17-34(24,44-5)32(41)26(20)30(27)40/h16,19-20,24,28,38-40H,6-15,17-18H2,1-5H3,(H2,35,42)/t20-,24-,28-,34-/m0/s1. The van der Waals surface area contributed by atoms with E-state index in [1.807, 2.05) is 0 Å². The van der Waals surface area contributed by atoms with Gasteiger partial charge in [0.25, 0.3) is 0 Å². The predicted octanol–water partition coefficient (Wildman–Crippen LogP) is 4.24. The maximum atomic E-state index is 14.4. The van der Waals surface area contributed by atoms with Crippen molar-refractivity contribution in [3.05, 3.63) is 39.7 Å². The number of aromatic hydroxyl groups is 1. The number of rotatable bonds is 10. The van der Waals surface area contributed by atoms with Gasteiger partial charge in [-0.2, -0.15) is 0 Å². The lowest BCUT2D eigenvalue weighted by Gasteiger charge is -2.53. The Morgan fingerprint density at radius 3 is 2.43 bits per heavy atom. The summed E-state index contributed by atoms with van der Waals surface area (Å²) in [5.41, 5.74) is 5.96. The van der Waals surface area contributed by atoms with E-state index < -0.39 is 35.2 Å². The van der Waals surface area contributed by atoms with Crippen molar-refractivity contribution in [1.29, 1.82) is 0 Å². The Kier molecular flexibility index (Phi) is 9.35. The number of hydrogen-bond donors (Lipinski definition) is 4. The Balaban J connectivity index is 1.52. The van der Waals surface area contributed by atoms with E-state index in [1.54, 1.807) is 32.2 Å². The summed E-state index contributed by atoms with van der Waals surface area (Å²) in [5.74, 6) is -1.36. The number of aliphatic hydroxyl groups excluding tert-OH is 2. The van der Waals surface area contributed by atoms with E-state index >= 15 is 0 Å². The molecule has 2 fully saturated rings. The average molecular weight is 612 g/mol. The first-order valence-corrected chi connectivity index (χ1v) is 16.0. The molecule has 5 N–H and O–H groups in total. The number of ether oxygens (including phenoxy) is 2. The molecule has 1 aromatic carbocycles. The molecule has 0 bridgehead atoms. The van der Waals surface area contributed by atoms with Crippen molar-refractivity contribution < 1.29 is 34.4 Å². The van der Waals surface area contributed by atoms with E-state index in [0.29, 0.717) is 30.7 Å². The molecule has 2 saturated carbocycles. The fourth-order valence-electron chi connectivity index (χ4n) is 8.54. The van der Waals surface area contributed by atoms with Crippen LogP contribution in [0.1, 0.15) is 75.0 Å². The van der Waals surface area contributed by atoms with Crippen LogP contribution in [0.5, 0.6) is 11.5 Å².